The van der Waals surface area contributed by atoms with Gasteiger partial charge >= 0.3 is 0 Å². The highest BCUT2D eigenvalue weighted by atomic mass is 35.5. The zero-order valence-electron chi connectivity index (χ0n) is 12.7. The van der Waals surface area contributed by atoms with E-state index in [0.717, 1.165) is 33.2 Å². The SMILES string of the molecule is Cc1ccc2nc3ccccc3c(Nc3ccccc3Cl)c2c1. The van der Waals surface area contributed by atoms with Crippen molar-refractivity contribution in [1.29, 1.82) is 0 Å². The van der Waals surface area contributed by atoms with Gasteiger partial charge in [-0.2, -0.15) is 0 Å². The molecule has 4 rings (SSSR count). The molecular formula is C20H15ClN2. The van der Waals surface area contributed by atoms with Crippen molar-refractivity contribution < 1.29 is 0 Å². The van der Waals surface area contributed by atoms with Crippen LogP contribution in [0, 0.1) is 6.92 Å². The van der Waals surface area contributed by atoms with Gasteiger partial charge in [0.15, 0.2) is 0 Å². The highest BCUT2D eigenvalue weighted by Crippen LogP contribution is 2.35. The van der Waals surface area contributed by atoms with Crippen molar-refractivity contribution in [3.8, 4) is 0 Å². The van der Waals surface area contributed by atoms with E-state index in [0.29, 0.717) is 5.02 Å². The Balaban J connectivity index is 2.04. The van der Waals surface area contributed by atoms with E-state index >= 15 is 0 Å². The third-order valence-corrected chi connectivity index (χ3v) is 4.30. The monoisotopic (exact) mass is 318 g/mol. The normalized spacial score (nSPS) is 11.0. The quantitative estimate of drug-likeness (QED) is 0.452. The first-order valence-electron chi connectivity index (χ1n) is 7.53. The van der Waals surface area contributed by atoms with Crippen LogP contribution in [0.1, 0.15) is 5.56 Å². The van der Waals surface area contributed by atoms with Gasteiger partial charge in [0.05, 0.1) is 27.4 Å². The van der Waals surface area contributed by atoms with Crippen molar-refractivity contribution in [2.24, 2.45) is 0 Å². The number of benzene rings is 3. The van der Waals surface area contributed by atoms with E-state index in [-0.39, 0.29) is 0 Å². The summed E-state index contributed by atoms with van der Waals surface area (Å²) >= 11 is 6.33. The highest BCUT2D eigenvalue weighted by Gasteiger charge is 2.10. The van der Waals surface area contributed by atoms with E-state index in [4.69, 9.17) is 16.6 Å². The van der Waals surface area contributed by atoms with E-state index in [1.165, 1.54) is 5.56 Å². The van der Waals surface area contributed by atoms with Crippen molar-refractivity contribution in [2.75, 3.05) is 5.32 Å². The number of pyridine rings is 1. The summed E-state index contributed by atoms with van der Waals surface area (Å²) in [7, 11) is 0. The molecule has 1 N–H and O–H groups in total. The number of anilines is 2. The van der Waals surface area contributed by atoms with Gasteiger partial charge < -0.3 is 5.32 Å². The van der Waals surface area contributed by atoms with Gasteiger partial charge in [0.1, 0.15) is 0 Å². The molecule has 3 aromatic carbocycles. The molecule has 0 fully saturated rings. The van der Waals surface area contributed by atoms with Crippen LogP contribution in [0.5, 0.6) is 0 Å². The van der Waals surface area contributed by atoms with Gasteiger partial charge in [0.25, 0.3) is 0 Å². The summed E-state index contributed by atoms with van der Waals surface area (Å²) in [4.78, 5) is 4.77. The minimum Gasteiger partial charge on any atom is -0.353 e. The van der Waals surface area contributed by atoms with Crippen LogP contribution in [-0.4, -0.2) is 4.98 Å². The van der Waals surface area contributed by atoms with Crippen LogP contribution < -0.4 is 5.32 Å². The lowest BCUT2D eigenvalue weighted by Gasteiger charge is -2.14. The van der Waals surface area contributed by atoms with Gasteiger partial charge in [0.2, 0.25) is 0 Å². The van der Waals surface area contributed by atoms with Gasteiger partial charge in [-0.25, -0.2) is 4.98 Å². The summed E-state index contributed by atoms with van der Waals surface area (Å²) in [5, 5.41) is 6.41. The van der Waals surface area contributed by atoms with Crippen LogP contribution in [0.15, 0.2) is 66.7 Å². The van der Waals surface area contributed by atoms with E-state index in [9.17, 15) is 0 Å². The predicted molar refractivity (Wildman–Crippen MR) is 98.7 cm³/mol. The third kappa shape index (κ3) is 2.51. The molecular weight excluding hydrogens is 304 g/mol. The van der Waals surface area contributed by atoms with Crippen molar-refractivity contribution in [1.82, 2.24) is 4.98 Å². The van der Waals surface area contributed by atoms with Crippen LogP contribution in [0.25, 0.3) is 21.8 Å². The zero-order valence-corrected chi connectivity index (χ0v) is 13.4. The smallest absolute Gasteiger partial charge is 0.0730 e. The Hall–Kier alpha value is -2.58. The maximum absolute atomic E-state index is 6.33. The fourth-order valence-corrected chi connectivity index (χ4v) is 3.02. The molecule has 1 aromatic heterocycles. The first-order valence-corrected chi connectivity index (χ1v) is 7.91. The number of hydrogen-bond donors (Lipinski definition) is 1. The third-order valence-electron chi connectivity index (χ3n) is 3.97. The van der Waals surface area contributed by atoms with Crippen molar-refractivity contribution >= 4 is 44.8 Å². The average Bonchev–Trinajstić information content (AvgIpc) is 2.57. The lowest BCUT2D eigenvalue weighted by molar-refractivity contribution is 1.44. The highest BCUT2D eigenvalue weighted by molar-refractivity contribution is 6.33. The first kappa shape index (κ1) is 14.0. The van der Waals surface area contributed by atoms with Crippen molar-refractivity contribution in [3.63, 3.8) is 0 Å². The number of aryl methyl sites for hydroxylation is 1. The second kappa shape index (κ2) is 5.56. The van der Waals surface area contributed by atoms with Gasteiger partial charge in [-0.3, -0.25) is 0 Å². The molecule has 2 nitrogen and oxygen atoms in total. The number of nitrogens with zero attached hydrogens (tertiary/aromatic N) is 1. The molecule has 0 saturated heterocycles. The first-order chi connectivity index (χ1) is 11.2. The molecule has 0 aliphatic heterocycles. The summed E-state index contributed by atoms with van der Waals surface area (Å²) in [5.74, 6) is 0. The second-order valence-electron chi connectivity index (χ2n) is 5.63. The lowest BCUT2D eigenvalue weighted by atomic mass is 10.1. The molecule has 3 heteroatoms. The van der Waals surface area contributed by atoms with Crippen molar-refractivity contribution in [3.05, 3.63) is 77.3 Å². The van der Waals surface area contributed by atoms with Gasteiger partial charge in [-0.05, 0) is 37.3 Å². The van der Waals surface area contributed by atoms with E-state index in [1.807, 2.05) is 42.5 Å². The molecule has 0 atom stereocenters. The summed E-state index contributed by atoms with van der Waals surface area (Å²) in [6, 6.07) is 22.3. The van der Waals surface area contributed by atoms with Gasteiger partial charge in [-0.15, -0.1) is 0 Å². The number of aromatic nitrogens is 1. The second-order valence-corrected chi connectivity index (χ2v) is 6.04. The maximum Gasteiger partial charge on any atom is 0.0730 e. The molecule has 0 saturated carbocycles. The minimum absolute atomic E-state index is 0.703. The Bertz CT molecular complexity index is 1020. The topological polar surface area (TPSA) is 24.9 Å². The molecule has 112 valence electrons. The molecule has 0 unspecified atom stereocenters. The molecule has 0 radical (unpaired) electrons. The molecule has 0 bridgehead atoms. The van der Waals surface area contributed by atoms with Crippen LogP contribution in [0.2, 0.25) is 5.02 Å². The van der Waals surface area contributed by atoms with Crippen LogP contribution in [0.3, 0.4) is 0 Å². The summed E-state index contributed by atoms with van der Waals surface area (Å²) in [6.45, 7) is 2.09. The number of halogens is 1. The zero-order chi connectivity index (χ0) is 15.8. The average molecular weight is 319 g/mol. The molecule has 23 heavy (non-hydrogen) atoms. The van der Waals surface area contributed by atoms with Gasteiger partial charge in [-0.1, -0.05) is 53.6 Å². The largest absolute Gasteiger partial charge is 0.353 e. The van der Waals surface area contributed by atoms with Crippen LogP contribution >= 0.6 is 11.6 Å². The number of para-hydroxylation sites is 2. The van der Waals surface area contributed by atoms with E-state index < -0.39 is 0 Å². The predicted octanol–water partition coefficient (Wildman–Crippen LogP) is 6.09. The molecule has 1 heterocycles. The number of hydrogen-bond acceptors (Lipinski definition) is 2. The fourth-order valence-electron chi connectivity index (χ4n) is 2.84. The molecule has 0 spiro atoms. The Morgan fingerprint density at radius 1 is 0.826 bits per heavy atom. The van der Waals surface area contributed by atoms with E-state index in [2.05, 4.69) is 36.5 Å². The van der Waals surface area contributed by atoms with Crippen LogP contribution in [-0.2, 0) is 0 Å². The van der Waals surface area contributed by atoms with Crippen molar-refractivity contribution in [2.45, 2.75) is 6.92 Å². The number of fused-ring (bicyclic) bond motifs is 2. The summed E-state index contributed by atoms with van der Waals surface area (Å²) in [5.41, 5.74) is 5.09. The standard InChI is InChI=1S/C20H15ClN2/c1-13-10-11-18-15(12-13)20(14-6-2-4-8-17(14)22-18)23-19-9-5-3-7-16(19)21/h2-12H,1H3,(H,22,23). The van der Waals surface area contributed by atoms with Gasteiger partial charge in [0, 0.05) is 10.8 Å². The molecule has 0 aliphatic carbocycles. The summed E-state index contributed by atoms with van der Waals surface area (Å²) < 4.78 is 0. The molecule has 0 amide bonds. The Morgan fingerprint density at radius 2 is 1.57 bits per heavy atom. The fraction of sp³-hybridized carbons (Fsp3) is 0.0500. The Morgan fingerprint density at radius 3 is 2.43 bits per heavy atom. The van der Waals surface area contributed by atoms with Crippen LogP contribution in [0.4, 0.5) is 11.4 Å². The minimum atomic E-state index is 0.703. The number of rotatable bonds is 2. The number of nitrogens with one attached hydrogen (secondary N) is 1. The Labute approximate surface area is 139 Å². The molecule has 4 aromatic rings. The Kier molecular flexibility index (Phi) is 3.40. The summed E-state index contributed by atoms with van der Waals surface area (Å²) in [6.07, 6.45) is 0. The lowest BCUT2D eigenvalue weighted by Crippen LogP contribution is -1.96. The molecule has 0 aliphatic rings. The van der Waals surface area contributed by atoms with E-state index in [1.54, 1.807) is 0 Å². The maximum atomic E-state index is 6.33.